The summed E-state index contributed by atoms with van der Waals surface area (Å²) in [5.74, 6) is 0.296. The van der Waals surface area contributed by atoms with Crippen LogP contribution in [0.1, 0.15) is 17.5 Å². The second-order valence-electron chi connectivity index (χ2n) is 5.27. The van der Waals surface area contributed by atoms with Gasteiger partial charge in [0.1, 0.15) is 5.75 Å². The summed E-state index contributed by atoms with van der Waals surface area (Å²) >= 11 is 0. The minimum atomic E-state index is 0.296. The van der Waals surface area contributed by atoms with Gasteiger partial charge in [-0.1, -0.05) is 36.9 Å². The minimum absolute atomic E-state index is 0.296. The van der Waals surface area contributed by atoms with Gasteiger partial charge in [-0.3, -0.25) is 0 Å². The molecule has 1 N–H and O–H groups in total. The summed E-state index contributed by atoms with van der Waals surface area (Å²) in [5, 5.41) is 10.9. The number of fused-ring (bicyclic) bond motifs is 1. The first kappa shape index (κ1) is 13.5. The van der Waals surface area contributed by atoms with Gasteiger partial charge in [0, 0.05) is 23.8 Å². The van der Waals surface area contributed by atoms with Crippen LogP contribution in [0.25, 0.3) is 17.0 Å². The topological polar surface area (TPSA) is 25.2 Å². The smallest absolute Gasteiger partial charge is 0.122 e. The minimum Gasteiger partial charge on any atom is -0.507 e. The van der Waals surface area contributed by atoms with Gasteiger partial charge in [0.2, 0.25) is 0 Å². The fraction of sp³-hybridized carbons (Fsp3) is 0.158. The molecule has 2 heteroatoms. The van der Waals surface area contributed by atoms with Crippen LogP contribution < -0.4 is 0 Å². The van der Waals surface area contributed by atoms with Crippen molar-refractivity contribution in [2.24, 2.45) is 0 Å². The molecule has 0 saturated heterocycles. The van der Waals surface area contributed by atoms with Crippen LogP contribution in [-0.4, -0.2) is 9.67 Å². The average Bonchev–Trinajstić information content (AvgIpc) is 2.92. The van der Waals surface area contributed by atoms with Gasteiger partial charge in [-0.25, -0.2) is 0 Å². The number of aromatic hydroxyl groups is 1. The van der Waals surface area contributed by atoms with Crippen molar-refractivity contribution in [3.05, 3.63) is 72.4 Å². The van der Waals surface area contributed by atoms with Crippen LogP contribution in [-0.2, 0) is 13.0 Å². The van der Waals surface area contributed by atoms with E-state index in [0.717, 1.165) is 24.9 Å². The van der Waals surface area contributed by atoms with E-state index in [1.54, 1.807) is 12.1 Å². The molecule has 3 aromatic rings. The van der Waals surface area contributed by atoms with Gasteiger partial charge in [-0.2, -0.15) is 0 Å². The lowest BCUT2D eigenvalue weighted by atomic mass is 10.1. The zero-order valence-corrected chi connectivity index (χ0v) is 12.0. The van der Waals surface area contributed by atoms with Gasteiger partial charge in [0.25, 0.3) is 0 Å². The lowest BCUT2D eigenvalue weighted by Gasteiger charge is -2.07. The Balaban J connectivity index is 1.67. The molecule has 21 heavy (non-hydrogen) atoms. The van der Waals surface area contributed by atoms with E-state index < -0.39 is 0 Å². The zero-order chi connectivity index (χ0) is 14.7. The summed E-state index contributed by atoms with van der Waals surface area (Å²) in [6, 6.07) is 16.3. The van der Waals surface area contributed by atoms with Crippen molar-refractivity contribution < 1.29 is 5.11 Å². The standard InChI is InChI=1S/C19H19NO/c1-2-16-14-15(9-10-19(16)21)6-5-12-20-13-11-17-7-3-4-8-18(17)20/h2-4,7-11,13-14,21H,1,5-6,12H2. The lowest BCUT2D eigenvalue weighted by molar-refractivity contribution is 0.473. The number of benzene rings is 2. The highest BCUT2D eigenvalue weighted by Crippen LogP contribution is 2.21. The third-order valence-electron chi connectivity index (χ3n) is 3.86. The molecule has 2 nitrogen and oxygen atoms in total. The molecule has 0 unspecified atom stereocenters. The number of hydrogen-bond donors (Lipinski definition) is 1. The quantitative estimate of drug-likeness (QED) is 0.723. The fourth-order valence-corrected chi connectivity index (χ4v) is 2.71. The number of aryl methyl sites for hydroxylation is 2. The SMILES string of the molecule is C=Cc1cc(CCCn2ccc3ccccc32)ccc1O. The first-order chi connectivity index (χ1) is 10.3. The predicted molar refractivity (Wildman–Crippen MR) is 88.5 cm³/mol. The Morgan fingerprint density at radius 2 is 1.95 bits per heavy atom. The van der Waals surface area contributed by atoms with Crippen LogP contribution in [0.3, 0.4) is 0 Å². The Morgan fingerprint density at radius 3 is 2.81 bits per heavy atom. The molecular weight excluding hydrogens is 258 g/mol. The molecule has 0 bridgehead atoms. The Morgan fingerprint density at radius 1 is 1.10 bits per heavy atom. The zero-order valence-electron chi connectivity index (χ0n) is 12.0. The van der Waals surface area contributed by atoms with Crippen LogP contribution in [0.4, 0.5) is 0 Å². The van der Waals surface area contributed by atoms with Gasteiger partial charge in [-0.05, 0) is 48.1 Å². The second kappa shape index (κ2) is 5.88. The molecule has 106 valence electrons. The molecule has 0 fully saturated rings. The van der Waals surface area contributed by atoms with Crippen molar-refractivity contribution in [2.75, 3.05) is 0 Å². The largest absolute Gasteiger partial charge is 0.507 e. The molecule has 0 saturated carbocycles. The van der Waals surface area contributed by atoms with E-state index in [2.05, 4.69) is 47.7 Å². The molecule has 0 aliphatic heterocycles. The molecule has 0 radical (unpaired) electrons. The van der Waals surface area contributed by atoms with E-state index in [0.29, 0.717) is 5.75 Å². The van der Waals surface area contributed by atoms with E-state index in [1.807, 2.05) is 12.1 Å². The average molecular weight is 277 g/mol. The summed E-state index contributed by atoms with van der Waals surface area (Å²) in [5.41, 5.74) is 3.33. The van der Waals surface area contributed by atoms with Crippen molar-refractivity contribution in [1.29, 1.82) is 0 Å². The monoisotopic (exact) mass is 277 g/mol. The highest BCUT2D eigenvalue weighted by molar-refractivity contribution is 5.79. The number of aromatic nitrogens is 1. The first-order valence-corrected chi connectivity index (χ1v) is 7.26. The molecule has 3 rings (SSSR count). The van der Waals surface area contributed by atoms with E-state index in [1.165, 1.54) is 16.5 Å². The molecule has 1 heterocycles. The normalized spacial score (nSPS) is 10.9. The predicted octanol–water partition coefficient (Wildman–Crippen LogP) is 4.62. The molecule has 0 spiro atoms. The summed E-state index contributed by atoms with van der Waals surface area (Å²) in [6.07, 6.45) is 5.91. The molecule has 0 aliphatic rings. The number of phenolic OH excluding ortho intramolecular Hbond substituents is 1. The first-order valence-electron chi connectivity index (χ1n) is 7.26. The van der Waals surface area contributed by atoms with Crippen LogP contribution in [0, 0.1) is 0 Å². The van der Waals surface area contributed by atoms with Gasteiger partial charge >= 0.3 is 0 Å². The Kier molecular flexibility index (Phi) is 3.78. The van der Waals surface area contributed by atoms with Crippen LogP contribution in [0.15, 0.2) is 61.3 Å². The van der Waals surface area contributed by atoms with Gasteiger partial charge in [0.15, 0.2) is 0 Å². The van der Waals surface area contributed by atoms with Gasteiger partial charge < -0.3 is 9.67 Å². The van der Waals surface area contributed by atoms with Crippen molar-refractivity contribution in [3.8, 4) is 5.75 Å². The van der Waals surface area contributed by atoms with Crippen molar-refractivity contribution >= 4 is 17.0 Å². The molecular formula is C19H19NO. The van der Waals surface area contributed by atoms with E-state index in [-0.39, 0.29) is 0 Å². The van der Waals surface area contributed by atoms with Crippen LogP contribution in [0.5, 0.6) is 5.75 Å². The molecule has 0 amide bonds. The van der Waals surface area contributed by atoms with E-state index in [4.69, 9.17) is 0 Å². The number of rotatable bonds is 5. The number of para-hydroxylation sites is 1. The summed E-state index contributed by atoms with van der Waals surface area (Å²) in [6.45, 7) is 4.72. The number of phenols is 1. The third kappa shape index (κ3) is 2.84. The fourth-order valence-electron chi connectivity index (χ4n) is 2.71. The number of nitrogens with zero attached hydrogens (tertiary/aromatic N) is 1. The molecule has 2 aromatic carbocycles. The van der Waals surface area contributed by atoms with E-state index in [9.17, 15) is 5.11 Å². The molecule has 0 aliphatic carbocycles. The number of hydrogen-bond acceptors (Lipinski definition) is 1. The Labute approximate surface area is 125 Å². The van der Waals surface area contributed by atoms with Gasteiger partial charge in [0.05, 0.1) is 0 Å². The lowest BCUT2D eigenvalue weighted by Crippen LogP contribution is -1.98. The van der Waals surface area contributed by atoms with Crippen LogP contribution >= 0.6 is 0 Å². The second-order valence-corrected chi connectivity index (χ2v) is 5.27. The maximum atomic E-state index is 9.65. The van der Waals surface area contributed by atoms with E-state index >= 15 is 0 Å². The van der Waals surface area contributed by atoms with Crippen molar-refractivity contribution in [1.82, 2.24) is 4.57 Å². The summed E-state index contributed by atoms with van der Waals surface area (Å²) < 4.78 is 2.30. The maximum absolute atomic E-state index is 9.65. The highest BCUT2D eigenvalue weighted by Gasteiger charge is 2.02. The Bertz CT molecular complexity index is 770. The molecule has 0 atom stereocenters. The highest BCUT2D eigenvalue weighted by atomic mass is 16.3. The van der Waals surface area contributed by atoms with Crippen molar-refractivity contribution in [2.45, 2.75) is 19.4 Å². The van der Waals surface area contributed by atoms with Gasteiger partial charge in [-0.15, -0.1) is 0 Å². The third-order valence-corrected chi connectivity index (χ3v) is 3.86. The Hall–Kier alpha value is -2.48. The molecule has 1 aromatic heterocycles. The summed E-state index contributed by atoms with van der Waals surface area (Å²) in [4.78, 5) is 0. The summed E-state index contributed by atoms with van der Waals surface area (Å²) in [7, 11) is 0. The van der Waals surface area contributed by atoms with Crippen molar-refractivity contribution in [3.63, 3.8) is 0 Å². The van der Waals surface area contributed by atoms with Crippen LogP contribution in [0.2, 0.25) is 0 Å². The maximum Gasteiger partial charge on any atom is 0.122 e.